The summed E-state index contributed by atoms with van der Waals surface area (Å²) in [5, 5.41) is 6.20. The Morgan fingerprint density at radius 1 is 1.45 bits per heavy atom. The van der Waals surface area contributed by atoms with E-state index in [4.69, 9.17) is 0 Å². The van der Waals surface area contributed by atoms with Crippen LogP contribution in [0.5, 0.6) is 0 Å². The van der Waals surface area contributed by atoms with Crippen LogP contribution in [0.4, 0.5) is 15.6 Å². The minimum absolute atomic E-state index is 0.280. The van der Waals surface area contributed by atoms with Crippen molar-refractivity contribution in [3.05, 3.63) is 35.1 Å². The molecule has 6 heteroatoms. The van der Waals surface area contributed by atoms with E-state index in [1.807, 2.05) is 0 Å². The van der Waals surface area contributed by atoms with E-state index in [-0.39, 0.29) is 6.03 Å². The third kappa shape index (κ3) is 2.96. The van der Waals surface area contributed by atoms with Gasteiger partial charge in [-0.05, 0) is 37.3 Å². The number of hydrogen-bond acceptors (Lipinski definition) is 4. The molecule has 1 unspecified atom stereocenters. The summed E-state index contributed by atoms with van der Waals surface area (Å²) in [5.41, 5.74) is 1.81. The number of nitrogens with one attached hydrogen (secondary N) is 2. The van der Waals surface area contributed by atoms with Gasteiger partial charge in [-0.1, -0.05) is 6.92 Å². The molecule has 0 radical (unpaired) electrons. The summed E-state index contributed by atoms with van der Waals surface area (Å²) in [6.45, 7) is 2.25. The molecule has 2 N–H and O–H groups in total. The number of rotatable bonds is 2. The first kappa shape index (κ1) is 13.1. The van der Waals surface area contributed by atoms with Crippen molar-refractivity contribution in [2.24, 2.45) is 5.92 Å². The Kier molecular flexibility index (Phi) is 3.64. The van der Waals surface area contributed by atoms with Gasteiger partial charge in [0.05, 0.1) is 17.6 Å². The molecule has 1 atom stereocenters. The van der Waals surface area contributed by atoms with Gasteiger partial charge in [0, 0.05) is 11.1 Å². The topological polar surface area (TPSA) is 66.9 Å². The molecule has 0 spiro atoms. The smallest absolute Gasteiger partial charge is 0.306 e. The summed E-state index contributed by atoms with van der Waals surface area (Å²) in [7, 11) is 0. The van der Waals surface area contributed by atoms with Crippen LogP contribution in [0, 0.1) is 5.92 Å². The fraction of sp³-hybridized carbons (Fsp3) is 0.357. The maximum Gasteiger partial charge on any atom is 0.325 e. The molecule has 1 aliphatic rings. The molecule has 0 aromatic carbocycles. The molecule has 0 saturated carbocycles. The average Bonchev–Trinajstić information content (AvgIpc) is 2.80. The van der Waals surface area contributed by atoms with Crippen LogP contribution in [-0.4, -0.2) is 16.0 Å². The number of aromatic nitrogens is 2. The molecule has 2 heterocycles. The fourth-order valence-corrected chi connectivity index (χ4v) is 3.46. The van der Waals surface area contributed by atoms with Crippen LogP contribution in [0.15, 0.2) is 24.5 Å². The minimum Gasteiger partial charge on any atom is -0.306 e. The lowest BCUT2D eigenvalue weighted by molar-refractivity contribution is 0.262. The van der Waals surface area contributed by atoms with Crippen LogP contribution in [0.3, 0.4) is 0 Å². The number of carbonyl (C=O) groups is 1. The highest BCUT2D eigenvalue weighted by molar-refractivity contribution is 7.15. The van der Waals surface area contributed by atoms with Crippen molar-refractivity contribution in [3.8, 4) is 0 Å². The van der Waals surface area contributed by atoms with Crippen molar-refractivity contribution in [3.63, 3.8) is 0 Å². The molecule has 104 valence electrons. The summed E-state index contributed by atoms with van der Waals surface area (Å²) in [6.07, 6.45) is 6.53. The van der Waals surface area contributed by atoms with Crippen LogP contribution in [-0.2, 0) is 12.8 Å². The van der Waals surface area contributed by atoms with Gasteiger partial charge in [0.15, 0.2) is 5.13 Å². The maximum absolute atomic E-state index is 11.9. The molecular formula is C14H16N4OS. The molecule has 1 aliphatic carbocycles. The molecule has 2 aromatic heterocycles. The van der Waals surface area contributed by atoms with Crippen molar-refractivity contribution in [2.75, 3.05) is 10.6 Å². The molecule has 2 aromatic rings. The molecule has 0 fully saturated rings. The summed E-state index contributed by atoms with van der Waals surface area (Å²) in [5.74, 6) is 0.708. The third-order valence-electron chi connectivity index (χ3n) is 3.33. The first-order chi connectivity index (χ1) is 9.70. The highest BCUT2D eigenvalue weighted by Crippen LogP contribution is 2.32. The second-order valence-electron chi connectivity index (χ2n) is 5.06. The number of nitrogens with zero attached hydrogens (tertiary/aromatic N) is 2. The molecule has 2 amide bonds. The van der Waals surface area contributed by atoms with Crippen molar-refractivity contribution in [2.45, 2.75) is 26.2 Å². The average molecular weight is 288 g/mol. The van der Waals surface area contributed by atoms with E-state index in [1.165, 1.54) is 11.3 Å². The second kappa shape index (κ2) is 5.58. The van der Waals surface area contributed by atoms with Gasteiger partial charge in [0.25, 0.3) is 0 Å². The Hall–Kier alpha value is -1.95. The van der Waals surface area contributed by atoms with Crippen LogP contribution >= 0.6 is 11.3 Å². The Morgan fingerprint density at radius 2 is 2.35 bits per heavy atom. The zero-order chi connectivity index (χ0) is 13.9. The molecule has 0 bridgehead atoms. The quantitative estimate of drug-likeness (QED) is 0.891. The predicted molar refractivity (Wildman–Crippen MR) is 80.2 cm³/mol. The van der Waals surface area contributed by atoms with E-state index in [9.17, 15) is 4.79 Å². The van der Waals surface area contributed by atoms with Crippen LogP contribution < -0.4 is 10.6 Å². The zero-order valence-corrected chi connectivity index (χ0v) is 12.0. The maximum atomic E-state index is 11.9. The van der Waals surface area contributed by atoms with E-state index in [0.717, 1.165) is 18.5 Å². The normalized spacial score (nSPS) is 17.4. The van der Waals surface area contributed by atoms with Gasteiger partial charge in [-0.25, -0.2) is 9.78 Å². The lowest BCUT2D eigenvalue weighted by Crippen LogP contribution is -2.19. The standard InChI is InChI=1S/C14H16N4OS/c1-9-4-5-11-12(7-9)20-14(17-11)18-13(19)16-10-3-2-6-15-8-10/h2-3,6,8-9H,4-5,7H2,1H3,(H2,16,17,18,19). The van der Waals surface area contributed by atoms with Gasteiger partial charge < -0.3 is 5.32 Å². The van der Waals surface area contributed by atoms with E-state index >= 15 is 0 Å². The SMILES string of the molecule is CC1CCc2nc(NC(=O)Nc3cccnc3)sc2C1. The number of pyridine rings is 1. The highest BCUT2D eigenvalue weighted by atomic mass is 32.1. The Balaban J connectivity index is 1.65. The van der Waals surface area contributed by atoms with Gasteiger partial charge in [-0.2, -0.15) is 0 Å². The van der Waals surface area contributed by atoms with Crippen LogP contribution in [0.1, 0.15) is 23.9 Å². The minimum atomic E-state index is -0.280. The van der Waals surface area contributed by atoms with Gasteiger partial charge >= 0.3 is 6.03 Å². The predicted octanol–water partition coefficient (Wildman–Crippen LogP) is 3.31. The second-order valence-corrected chi connectivity index (χ2v) is 6.14. The summed E-state index contributed by atoms with van der Waals surface area (Å²) < 4.78 is 0. The summed E-state index contributed by atoms with van der Waals surface area (Å²) >= 11 is 1.58. The summed E-state index contributed by atoms with van der Waals surface area (Å²) in [6, 6.07) is 3.29. The fourth-order valence-electron chi connectivity index (χ4n) is 2.29. The van der Waals surface area contributed by atoms with Crippen molar-refractivity contribution >= 4 is 28.2 Å². The van der Waals surface area contributed by atoms with Crippen LogP contribution in [0.2, 0.25) is 0 Å². The number of fused-ring (bicyclic) bond motifs is 1. The monoisotopic (exact) mass is 288 g/mol. The van der Waals surface area contributed by atoms with Gasteiger partial charge in [0.1, 0.15) is 0 Å². The Morgan fingerprint density at radius 3 is 3.15 bits per heavy atom. The van der Waals surface area contributed by atoms with E-state index in [1.54, 1.807) is 35.9 Å². The highest BCUT2D eigenvalue weighted by Gasteiger charge is 2.20. The number of aryl methyl sites for hydroxylation is 1. The lowest BCUT2D eigenvalue weighted by Gasteiger charge is -2.15. The number of thiazole rings is 1. The van der Waals surface area contributed by atoms with Gasteiger partial charge in [-0.3, -0.25) is 10.3 Å². The number of hydrogen-bond donors (Lipinski definition) is 2. The van der Waals surface area contributed by atoms with E-state index in [2.05, 4.69) is 27.5 Å². The third-order valence-corrected chi connectivity index (χ3v) is 4.36. The molecule has 0 aliphatic heterocycles. The zero-order valence-electron chi connectivity index (χ0n) is 11.2. The van der Waals surface area contributed by atoms with Crippen molar-refractivity contribution in [1.82, 2.24) is 9.97 Å². The van der Waals surface area contributed by atoms with E-state index in [0.29, 0.717) is 16.7 Å². The molecular weight excluding hydrogens is 272 g/mol. The Labute approximate surface area is 121 Å². The van der Waals surface area contributed by atoms with Gasteiger partial charge in [0.2, 0.25) is 0 Å². The van der Waals surface area contributed by atoms with E-state index < -0.39 is 0 Å². The number of amides is 2. The number of urea groups is 1. The van der Waals surface area contributed by atoms with Crippen LogP contribution in [0.25, 0.3) is 0 Å². The molecule has 5 nitrogen and oxygen atoms in total. The lowest BCUT2D eigenvalue weighted by atomic mass is 9.93. The van der Waals surface area contributed by atoms with Crippen molar-refractivity contribution in [1.29, 1.82) is 0 Å². The first-order valence-corrected chi connectivity index (χ1v) is 7.49. The van der Waals surface area contributed by atoms with Gasteiger partial charge in [-0.15, -0.1) is 11.3 Å². The largest absolute Gasteiger partial charge is 0.325 e. The molecule has 0 saturated heterocycles. The summed E-state index contributed by atoms with van der Waals surface area (Å²) in [4.78, 5) is 21.6. The number of anilines is 2. The Bertz CT molecular complexity index is 611. The molecule has 20 heavy (non-hydrogen) atoms. The number of carbonyl (C=O) groups excluding carboxylic acids is 1. The molecule has 3 rings (SSSR count). The van der Waals surface area contributed by atoms with Crippen molar-refractivity contribution < 1.29 is 4.79 Å². The first-order valence-electron chi connectivity index (χ1n) is 6.67.